The van der Waals surface area contributed by atoms with Crippen LogP contribution in [0.3, 0.4) is 0 Å². The Bertz CT molecular complexity index is 981. The first-order valence-corrected chi connectivity index (χ1v) is 8.16. The van der Waals surface area contributed by atoms with Crippen molar-refractivity contribution < 1.29 is 5.11 Å². The molecule has 25 heavy (non-hydrogen) atoms. The van der Waals surface area contributed by atoms with Gasteiger partial charge in [-0.15, -0.1) is 0 Å². The van der Waals surface area contributed by atoms with Gasteiger partial charge in [0.1, 0.15) is 12.1 Å². The number of aliphatic hydroxyl groups is 1. The van der Waals surface area contributed by atoms with E-state index in [1.54, 1.807) is 0 Å². The van der Waals surface area contributed by atoms with Gasteiger partial charge in [-0.1, -0.05) is 42.5 Å². The second-order valence-corrected chi connectivity index (χ2v) is 5.88. The number of aromatic amines is 1. The molecular formula is C20H18N4O. The maximum atomic E-state index is 10.3. The molecule has 0 saturated heterocycles. The average molecular weight is 330 g/mol. The monoisotopic (exact) mass is 330 g/mol. The normalized spacial score (nSPS) is 12.2. The van der Waals surface area contributed by atoms with Gasteiger partial charge in [-0.3, -0.25) is 0 Å². The summed E-state index contributed by atoms with van der Waals surface area (Å²) in [6.07, 6.45) is 2.87. The van der Waals surface area contributed by atoms with Crippen molar-refractivity contribution in [3.05, 3.63) is 78.8 Å². The molecule has 0 bridgehead atoms. The number of hydrogen-bond donors (Lipinski definition) is 3. The highest BCUT2D eigenvalue weighted by atomic mass is 16.3. The smallest absolute Gasteiger partial charge is 0.130 e. The van der Waals surface area contributed by atoms with Crippen molar-refractivity contribution in [2.75, 3.05) is 11.9 Å². The topological polar surface area (TPSA) is 73.8 Å². The molecule has 4 aromatic rings. The summed E-state index contributed by atoms with van der Waals surface area (Å²) in [5.74, 6) is 0.687. The summed E-state index contributed by atoms with van der Waals surface area (Å²) in [4.78, 5) is 11.8. The number of rotatable bonds is 5. The molecule has 0 aliphatic carbocycles. The first-order chi connectivity index (χ1) is 12.3. The number of fused-ring (bicyclic) bond motifs is 1. The molecular weight excluding hydrogens is 312 g/mol. The fraction of sp³-hybridized carbons (Fsp3) is 0.100. The quantitative estimate of drug-likeness (QED) is 0.521. The van der Waals surface area contributed by atoms with Gasteiger partial charge in [-0.05, 0) is 23.1 Å². The predicted octanol–water partition coefficient (Wildman–Crippen LogP) is 3.77. The van der Waals surface area contributed by atoms with Crippen LogP contribution in [0.4, 0.5) is 5.82 Å². The van der Waals surface area contributed by atoms with Crippen LogP contribution in [0, 0.1) is 0 Å². The Morgan fingerprint density at radius 2 is 1.88 bits per heavy atom. The second-order valence-electron chi connectivity index (χ2n) is 5.88. The third-order valence-electron chi connectivity index (χ3n) is 4.18. The van der Waals surface area contributed by atoms with Crippen molar-refractivity contribution in [2.24, 2.45) is 0 Å². The van der Waals surface area contributed by atoms with Gasteiger partial charge in [0.25, 0.3) is 0 Å². The van der Waals surface area contributed by atoms with Gasteiger partial charge in [-0.25, -0.2) is 9.97 Å². The average Bonchev–Trinajstić information content (AvgIpc) is 3.15. The standard InChI is InChI=1S/C20H18N4O/c25-19(15-4-2-1-3-5-15)12-22-20-11-18(23-13-24-20)16-7-6-14-8-9-21-17(14)10-16/h1-11,13,19,21,25H,12H2,(H,22,23,24). The number of nitrogens with zero attached hydrogens (tertiary/aromatic N) is 2. The fourth-order valence-electron chi connectivity index (χ4n) is 2.81. The lowest BCUT2D eigenvalue weighted by molar-refractivity contribution is 0.191. The molecule has 2 aromatic carbocycles. The third kappa shape index (κ3) is 3.36. The van der Waals surface area contributed by atoms with E-state index in [-0.39, 0.29) is 0 Å². The van der Waals surface area contributed by atoms with Gasteiger partial charge >= 0.3 is 0 Å². The molecule has 3 N–H and O–H groups in total. The molecule has 0 aliphatic heterocycles. The van der Waals surface area contributed by atoms with Crippen LogP contribution in [-0.2, 0) is 0 Å². The zero-order valence-electron chi connectivity index (χ0n) is 13.6. The third-order valence-corrected chi connectivity index (χ3v) is 4.18. The SMILES string of the molecule is OC(CNc1cc(-c2ccc3cc[nH]c3c2)ncn1)c1ccccc1. The minimum Gasteiger partial charge on any atom is -0.387 e. The molecule has 0 fully saturated rings. The Balaban J connectivity index is 1.51. The number of nitrogens with one attached hydrogen (secondary N) is 2. The van der Waals surface area contributed by atoms with Crippen molar-refractivity contribution in [2.45, 2.75) is 6.10 Å². The van der Waals surface area contributed by atoms with Crippen LogP contribution in [0.25, 0.3) is 22.2 Å². The second kappa shape index (κ2) is 6.75. The molecule has 0 saturated carbocycles. The van der Waals surface area contributed by atoms with Crippen LogP contribution < -0.4 is 5.32 Å². The highest BCUT2D eigenvalue weighted by Gasteiger charge is 2.08. The summed E-state index contributed by atoms with van der Waals surface area (Å²) in [5, 5.41) is 14.6. The number of aliphatic hydroxyl groups excluding tert-OH is 1. The molecule has 5 heteroatoms. The molecule has 2 heterocycles. The first-order valence-electron chi connectivity index (χ1n) is 8.16. The Morgan fingerprint density at radius 3 is 2.76 bits per heavy atom. The van der Waals surface area contributed by atoms with Crippen molar-refractivity contribution in [1.82, 2.24) is 15.0 Å². The van der Waals surface area contributed by atoms with Crippen molar-refractivity contribution in [1.29, 1.82) is 0 Å². The summed E-state index contributed by atoms with van der Waals surface area (Å²) in [5.41, 5.74) is 3.80. The van der Waals surface area contributed by atoms with Crippen LogP contribution in [0.1, 0.15) is 11.7 Å². The molecule has 0 aliphatic rings. The number of aromatic nitrogens is 3. The molecule has 1 atom stereocenters. The molecule has 0 amide bonds. The lowest BCUT2D eigenvalue weighted by atomic mass is 10.1. The maximum Gasteiger partial charge on any atom is 0.130 e. The maximum absolute atomic E-state index is 10.3. The van der Waals surface area contributed by atoms with Crippen LogP contribution in [0.2, 0.25) is 0 Å². The van der Waals surface area contributed by atoms with Crippen molar-refractivity contribution >= 4 is 16.7 Å². The predicted molar refractivity (Wildman–Crippen MR) is 99.2 cm³/mol. The number of benzene rings is 2. The Kier molecular flexibility index (Phi) is 4.14. The van der Waals surface area contributed by atoms with E-state index in [1.807, 2.05) is 54.7 Å². The molecule has 0 spiro atoms. The first kappa shape index (κ1) is 15.4. The van der Waals surface area contributed by atoms with Crippen LogP contribution in [0.15, 0.2) is 73.2 Å². The van der Waals surface area contributed by atoms with Crippen molar-refractivity contribution in [3.8, 4) is 11.3 Å². The Hall–Kier alpha value is -3.18. The zero-order valence-corrected chi connectivity index (χ0v) is 13.6. The van der Waals surface area contributed by atoms with Crippen LogP contribution >= 0.6 is 0 Å². The molecule has 124 valence electrons. The van der Waals surface area contributed by atoms with E-state index < -0.39 is 6.10 Å². The van der Waals surface area contributed by atoms with Gasteiger partial charge in [0.15, 0.2) is 0 Å². The largest absolute Gasteiger partial charge is 0.387 e. The Labute approximate surface area is 145 Å². The molecule has 0 radical (unpaired) electrons. The zero-order chi connectivity index (χ0) is 17.1. The van der Waals surface area contributed by atoms with E-state index in [0.29, 0.717) is 12.4 Å². The van der Waals surface area contributed by atoms with Gasteiger partial charge in [0.05, 0.1) is 11.8 Å². The summed E-state index contributed by atoms with van der Waals surface area (Å²) in [7, 11) is 0. The van der Waals surface area contributed by atoms with E-state index in [0.717, 1.165) is 22.3 Å². The summed E-state index contributed by atoms with van der Waals surface area (Å²) in [6, 6.07) is 19.7. The minimum absolute atomic E-state index is 0.385. The fourth-order valence-corrected chi connectivity index (χ4v) is 2.81. The molecule has 5 nitrogen and oxygen atoms in total. The number of H-pyrrole nitrogens is 1. The highest BCUT2D eigenvalue weighted by molar-refractivity contribution is 5.84. The minimum atomic E-state index is -0.588. The molecule has 1 unspecified atom stereocenters. The van der Waals surface area contributed by atoms with Gasteiger partial charge in [0.2, 0.25) is 0 Å². The molecule has 4 rings (SSSR count). The van der Waals surface area contributed by atoms with E-state index in [4.69, 9.17) is 0 Å². The summed E-state index contributed by atoms with van der Waals surface area (Å²) < 4.78 is 0. The van der Waals surface area contributed by atoms with E-state index >= 15 is 0 Å². The van der Waals surface area contributed by atoms with Gasteiger partial charge in [-0.2, -0.15) is 0 Å². The number of anilines is 1. The van der Waals surface area contributed by atoms with E-state index in [9.17, 15) is 5.11 Å². The lowest BCUT2D eigenvalue weighted by Crippen LogP contribution is -2.13. The summed E-state index contributed by atoms with van der Waals surface area (Å²) >= 11 is 0. The van der Waals surface area contributed by atoms with E-state index in [2.05, 4.69) is 32.4 Å². The Morgan fingerprint density at radius 1 is 1.00 bits per heavy atom. The number of hydrogen-bond acceptors (Lipinski definition) is 4. The van der Waals surface area contributed by atoms with Gasteiger partial charge < -0.3 is 15.4 Å². The van der Waals surface area contributed by atoms with E-state index in [1.165, 1.54) is 11.7 Å². The van der Waals surface area contributed by atoms with Crippen molar-refractivity contribution in [3.63, 3.8) is 0 Å². The molecule has 2 aromatic heterocycles. The highest BCUT2D eigenvalue weighted by Crippen LogP contribution is 2.23. The summed E-state index contributed by atoms with van der Waals surface area (Å²) in [6.45, 7) is 0.385. The van der Waals surface area contributed by atoms with Gasteiger partial charge in [0, 0.05) is 29.9 Å². The van der Waals surface area contributed by atoms with Crippen LogP contribution in [-0.4, -0.2) is 26.6 Å². The lowest BCUT2D eigenvalue weighted by Gasteiger charge is -2.13. The van der Waals surface area contributed by atoms with Crippen LogP contribution in [0.5, 0.6) is 0 Å².